The van der Waals surface area contributed by atoms with Gasteiger partial charge < -0.3 is 9.84 Å². The van der Waals surface area contributed by atoms with Crippen LogP contribution in [0.2, 0.25) is 0 Å². The van der Waals surface area contributed by atoms with Crippen molar-refractivity contribution >= 4 is 11.8 Å². The monoisotopic (exact) mass is 160 g/mol. The molecule has 0 unspecified atom stereocenters. The molecule has 0 saturated heterocycles. The molecule has 0 saturated carbocycles. The summed E-state index contributed by atoms with van der Waals surface area (Å²) < 4.78 is 4.26. The van der Waals surface area contributed by atoms with Crippen LogP contribution in [0.4, 0.5) is 4.79 Å². The molecule has 0 aromatic carbocycles. The maximum absolute atomic E-state index is 10.4. The van der Waals surface area contributed by atoms with Crippen LogP contribution in [-0.2, 0) is 4.74 Å². The van der Waals surface area contributed by atoms with E-state index < -0.39 is 6.09 Å². The highest BCUT2D eigenvalue weighted by molar-refractivity contribution is 5.83. The molecule has 0 aliphatic rings. The molecule has 0 aromatic rings. The highest BCUT2D eigenvalue weighted by atomic mass is 16.5. The Labute approximate surface area is 65.0 Å². The summed E-state index contributed by atoms with van der Waals surface area (Å²) in [5.74, 6) is 0. The first-order valence-corrected chi connectivity index (χ1v) is 3.18. The van der Waals surface area contributed by atoms with Crippen molar-refractivity contribution < 1.29 is 14.6 Å². The molecule has 0 aliphatic heterocycles. The van der Waals surface area contributed by atoms with Crippen molar-refractivity contribution in [3.8, 4) is 0 Å². The standard InChI is InChI=1S/C6H12N2O3/c1-5(3-4-9)7-8-6(10)11-2/h9H,3-4H2,1-2H3,(H,8,10)/b7-5-. The zero-order valence-electron chi connectivity index (χ0n) is 6.63. The second-order valence-corrected chi connectivity index (χ2v) is 1.92. The van der Waals surface area contributed by atoms with Crippen molar-refractivity contribution in [3.05, 3.63) is 0 Å². The summed E-state index contributed by atoms with van der Waals surface area (Å²) in [6.07, 6.45) is -0.161. The van der Waals surface area contributed by atoms with Crippen molar-refractivity contribution in [2.75, 3.05) is 13.7 Å². The third kappa shape index (κ3) is 5.35. The van der Waals surface area contributed by atoms with E-state index in [1.165, 1.54) is 7.11 Å². The van der Waals surface area contributed by atoms with Gasteiger partial charge in [0.15, 0.2) is 0 Å². The normalized spacial score (nSPS) is 11.0. The molecule has 5 heteroatoms. The highest BCUT2D eigenvalue weighted by Gasteiger charge is 1.94. The van der Waals surface area contributed by atoms with E-state index in [1.807, 2.05) is 0 Å². The molecule has 0 aromatic heterocycles. The fraction of sp³-hybridized carbons (Fsp3) is 0.667. The number of hydrogen-bond donors (Lipinski definition) is 2. The Morgan fingerprint density at radius 3 is 2.82 bits per heavy atom. The average molecular weight is 160 g/mol. The number of hydrazone groups is 1. The van der Waals surface area contributed by atoms with Gasteiger partial charge in [0.25, 0.3) is 0 Å². The van der Waals surface area contributed by atoms with E-state index in [9.17, 15) is 4.79 Å². The van der Waals surface area contributed by atoms with Gasteiger partial charge in [0, 0.05) is 18.7 Å². The van der Waals surface area contributed by atoms with E-state index in [0.717, 1.165) is 0 Å². The molecule has 64 valence electrons. The van der Waals surface area contributed by atoms with Gasteiger partial charge in [-0.15, -0.1) is 0 Å². The fourth-order valence-electron chi connectivity index (χ4n) is 0.404. The number of carbonyl (C=O) groups is 1. The Bertz CT molecular complexity index is 156. The maximum Gasteiger partial charge on any atom is 0.427 e. The van der Waals surface area contributed by atoms with Crippen LogP contribution in [-0.4, -0.2) is 30.6 Å². The Kier molecular flexibility index (Phi) is 5.10. The Morgan fingerprint density at radius 2 is 2.36 bits per heavy atom. The van der Waals surface area contributed by atoms with Crippen molar-refractivity contribution in [1.29, 1.82) is 0 Å². The molecule has 0 radical (unpaired) electrons. The number of hydrogen-bond acceptors (Lipinski definition) is 4. The van der Waals surface area contributed by atoms with Crippen LogP contribution in [0, 0.1) is 0 Å². The van der Waals surface area contributed by atoms with Crippen LogP contribution < -0.4 is 5.43 Å². The van der Waals surface area contributed by atoms with E-state index >= 15 is 0 Å². The first-order chi connectivity index (χ1) is 5.20. The fourth-order valence-corrected chi connectivity index (χ4v) is 0.404. The highest BCUT2D eigenvalue weighted by Crippen LogP contribution is 1.82. The molecule has 0 bridgehead atoms. The lowest BCUT2D eigenvalue weighted by Crippen LogP contribution is -2.18. The molecule has 11 heavy (non-hydrogen) atoms. The summed E-state index contributed by atoms with van der Waals surface area (Å²) in [6.45, 7) is 1.73. The van der Waals surface area contributed by atoms with Crippen molar-refractivity contribution in [3.63, 3.8) is 0 Å². The van der Waals surface area contributed by atoms with Crippen molar-refractivity contribution in [1.82, 2.24) is 5.43 Å². The van der Waals surface area contributed by atoms with Crippen molar-refractivity contribution in [2.24, 2.45) is 5.10 Å². The lowest BCUT2D eigenvalue weighted by molar-refractivity contribution is 0.171. The van der Waals surface area contributed by atoms with Gasteiger partial charge in [0.2, 0.25) is 0 Å². The number of aliphatic hydroxyl groups excluding tert-OH is 1. The summed E-state index contributed by atoms with van der Waals surface area (Å²) in [7, 11) is 1.26. The molecule has 0 atom stereocenters. The number of ether oxygens (including phenoxy) is 1. The van der Waals surface area contributed by atoms with Gasteiger partial charge in [0.05, 0.1) is 7.11 Å². The van der Waals surface area contributed by atoms with Crippen LogP contribution in [0.1, 0.15) is 13.3 Å². The zero-order valence-corrected chi connectivity index (χ0v) is 6.63. The summed E-state index contributed by atoms with van der Waals surface area (Å²) >= 11 is 0. The Balaban J connectivity index is 3.63. The molecule has 0 fully saturated rings. The van der Waals surface area contributed by atoms with E-state index in [2.05, 4.69) is 15.3 Å². The molecule has 0 rings (SSSR count). The average Bonchev–Trinajstić information content (AvgIpc) is 2.01. The minimum atomic E-state index is -0.609. The third-order valence-corrected chi connectivity index (χ3v) is 0.997. The molecular formula is C6H12N2O3. The molecule has 1 amide bonds. The van der Waals surface area contributed by atoms with Crippen LogP contribution >= 0.6 is 0 Å². The number of carbonyl (C=O) groups excluding carboxylic acids is 1. The van der Waals surface area contributed by atoms with Crippen LogP contribution in [0.25, 0.3) is 0 Å². The summed E-state index contributed by atoms with van der Waals surface area (Å²) in [6, 6.07) is 0. The lowest BCUT2D eigenvalue weighted by Gasteiger charge is -1.98. The number of nitrogens with one attached hydrogen (secondary N) is 1. The Morgan fingerprint density at radius 1 is 1.73 bits per heavy atom. The molecule has 0 aliphatic carbocycles. The smallest absolute Gasteiger partial charge is 0.427 e. The summed E-state index contributed by atoms with van der Waals surface area (Å²) in [5, 5.41) is 12.1. The van der Waals surface area contributed by atoms with E-state index in [1.54, 1.807) is 6.92 Å². The lowest BCUT2D eigenvalue weighted by atomic mass is 10.3. The SMILES string of the molecule is COC(=O)N/N=C(/C)CCO. The predicted molar refractivity (Wildman–Crippen MR) is 40.4 cm³/mol. The number of amides is 1. The van der Waals surface area contributed by atoms with Gasteiger partial charge in [-0.1, -0.05) is 0 Å². The third-order valence-electron chi connectivity index (χ3n) is 0.997. The van der Waals surface area contributed by atoms with Gasteiger partial charge in [-0.25, -0.2) is 10.2 Å². The summed E-state index contributed by atoms with van der Waals surface area (Å²) in [5.41, 5.74) is 2.78. The number of rotatable bonds is 3. The quantitative estimate of drug-likeness (QED) is 0.454. The number of methoxy groups -OCH3 is 1. The van der Waals surface area contributed by atoms with Crippen LogP contribution in [0.15, 0.2) is 5.10 Å². The van der Waals surface area contributed by atoms with E-state index in [-0.39, 0.29) is 6.61 Å². The maximum atomic E-state index is 10.4. The van der Waals surface area contributed by atoms with Gasteiger partial charge in [0.1, 0.15) is 0 Å². The molecule has 0 spiro atoms. The van der Waals surface area contributed by atoms with Crippen molar-refractivity contribution in [2.45, 2.75) is 13.3 Å². The second-order valence-electron chi connectivity index (χ2n) is 1.92. The largest absolute Gasteiger partial charge is 0.452 e. The van der Waals surface area contributed by atoms with E-state index in [4.69, 9.17) is 5.11 Å². The Hall–Kier alpha value is -1.10. The van der Waals surface area contributed by atoms with E-state index in [0.29, 0.717) is 12.1 Å². The minimum absolute atomic E-state index is 0.0260. The number of nitrogens with zero attached hydrogens (tertiary/aromatic N) is 1. The zero-order chi connectivity index (χ0) is 8.69. The predicted octanol–water partition coefficient (Wildman–Crippen LogP) is 0.101. The first kappa shape index (κ1) is 9.90. The van der Waals surface area contributed by atoms with Gasteiger partial charge in [-0.2, -0.15) is 5.10 Å². The molecule has 5 nitrogen and oxygen atoms in total. The summed E-state index contributed by atoms with van der Waals surface area (Å²) in [4.78, 5) is 10.4. The number of aliphatic hydroxyl groups is 1. The van der Waals surface area contributed by atoms with Gasteiger partial charge in [-0.05, 0) is 6.92 Å². The topological polar surface area (TPSA) is 70.9 Å². The van der Waals surface area contributed by atoms with Crippen LogP contribution in [0.5, 0.6) is 0 Å². The second kappa shape index (κ2) is 5.67. The van der Waals surface area contributed by atoms with Crippen LogP contribution in [0.3, 0.4) is 0 Å². The molecule has 2 N–H and O–H groups in total. The molecular weight excluding hydrogens is 148 g/mol. The minimum Gasteiger partial charge on any atom is -0.452 e. The van der Waals surface area contributed by atoms with Gasteiger partial charge in [-0.3, -0.25) is 0 Å². The first-order valence-electron chi connectivity index (χ1n) is 3.18. The molecule has 0 heterocycles. The van der Waals surface area contributed by atoms with Gasteiger partial charge >= 0.3 is 6.09 Å².